The Hall–Kier alpha value is -1.59. The van der Waals surface area contributed by atoms with Crippen LogP contribution in [0.4, 0.5) is 5.69 Å². The zero-order valence-electron chi connectivity index (χ0n) is 7.80. The van der Waals surface area contributed by atoms with Gasteiger partial charge in [0.15, 0.2) is 0 Å². The maximum atomic E-state index is 10.6. The molecule has 0 aliphatic rings. The summed E-state index contributed by atoms with van der Waals surface area (Å²) in [5, 5.41) is 14.9. The fourth-order valence-electron chi connectivity index (χ4n) is 1.28. The number of hydrogen-bond donors (Lipinski definition) is 0. The van der Waals surface area contributed by atoms with Crippen molar-refractivity contribution in [1.29, 1.82) is 0 Å². The molecule has 0 fully saturated rings. The average molecular weight is 258 g/mol. The lowest BCUT2D eigenvalue weighted by atomic mass is 10.3. The number of halogens is 2. The normalized spacial score (nSPS) is 10.4. The molecular weight excluding hydrogens is 253 g/mol. The fraction of sp³-hybridized carbons (Fsp3) is 0. The third-order valence-corrected chi connectivity index (χ3v) is 2.52. The van der Waals surface area contributed by atoms with Gasteiger partial charge in [0.05, 0.1) is 15.0 Å². The van der Waals surface area contributed by atoms with Gasteiger partial charge >= 0.3 is 0 Å². The third kappa shape index (κ3) is 1.87. The van der Waals surface area contributed by atoms with E-state index in [1.807, 2.05) is 0 Å². The van der Waals surface area contributed by atoms with Crippen molar-refractivity contribution in [2.45, 2.75) is 0 Å². The van der Waals surface area contributed by atoms with Gasteiger partial charge in [0.2, 0.25) is 0 Å². The van der Waals surface area contributed by atoms with Gasteiger partial charge in [-0.05, 0) is 6.07 Å². The molecule has 0 saturated carbocycles. The van der Waals surface area contributed by atoms with Crippen LogP contribution >= 0.6 is 23.2 Å². The lowest BCUT2D eigenvalue weighted by Gasteiger charge is -2.06. The highest BCUT2D eigenvalue weighted by molar-refractivity contribution is 6.38. The smallest absolute Gasteiger partial charge is 0.258 e. The van der Waals surface area contributed by atoms with E-state index in [-0.39, 0.29) is 15.7 Å². The molecule has 2 aromatic rings. The van der Waals surface area contributed by atoms with Crippen molar-refractivity contribution < 1.29 is 4.92 Å². The maximum Gasteiger partial charge on any atom is 0.272 e. The van der Waals surface area contributed by atoms with Crippen LogP contribution in [0.5, 0.6) is 0 Å². The number of hydrogen-bond acceptors (Lipinski definition) is 3. The third-order valence-electron chi connectivity index (χ3n) is 1.95. The second kappa shape index (κ2) is 4.11. The van der Waals surface area contributed by atoms with Gasteiger partial charge in [0.1, 0.15) is 5.69 Å². The first-order valence-electron chi connectivity index (χ1n) is 4.23. The van der Waals surface area contributed by atoms with Gasteiger partial charge in [-0.1, -0.05) is 23.2 Å². The minimum Gasteiger partial charge on any atom is -0.258 e. The molecule has 82 valence electrons. The molecular formula is C9H5Cl2N3O2. The quantitative estimate of drug-likeness (QED) is 0.614. The summed E-state index contributed by atoms with van der Waals surface area (Å²) < 4.78 is 1.45. The van der Waals surface area contributed by atoms with E-state index in [0.29, 0.717) is 5.69 Å². The van der Waals surface area contributed by atoms with Crippen molar-refractivity contribution in [1.82, 2.24) is 9.78 Å². The molecule has 5 nitrogen and oxygen atoms in total. The van der Waals surface area contributed by atoms with E-state index in [0.717, 1.165) is 0 Å². The van der Waals surface area contributed by atoms with Crippen LogP contribution in [-0.2, 0) is 0 Å². The van der Waals surface area contributed by atoms with Crippen molar-refractivity contribution in [2.24, 2.45) is 0 Å². The first-order chi connectivity index (χ1) is 7.59. The van der Waals surface area contributed by atoms with E-state index in [1.54, 1.807) is 18.5 Å². The Morgan fingerprint density at radius 3 is 2.38 bits per heavy atom. The molecule has 0 atom stereocenters. The standard InChI is InChI=1S/C9H5Cl2N3O2/c10-7-4-6(14(15)16)5-8(11)9(7)13-3-1-2-12-13/h1-5H. The molecule has 0 radical (unpaired) electrons. The second-order valence-corrected chi connectivity index (χ2v) is 3.78. The Morgan fingerprint density at radius 2 is 1.94 bits per heavy atom. The molecule has 7 heteroatoms. The Bertz CT molecular complexity index is 517. The highest BCUT2D eigenvalue weighted by atomic mass is 35.5. The predicted molar refractivity (Wildman–Crippen MR) is 60.2 cm³/mol. The zero-order chi connectivity index (χ0) is 11.7. The minimum absolute atomic E-state index is 0.147. The van der Waals surface area contributed by atoms with Crippen molar-refractivity contribution in [3.05, 3.63) is 50.8 Å². The van der Waals surface area contributed by atoms with Gasteiger partial charge in [0, 0.05) is 24.5 Å². The Kier molecular flexibility index (Phi) is 2.80. The average Bonchev–Trinajstić information content (AvgIpc) is 2.69. The topological polar surface area (TPSA) is 61.0 Å². The number of aromatic nitrogens is 2. The highest BCUT2D eigenvalue weighted by Crippen LogP contribution is 2.32. The van der Waals surface area contributed by atoms with Gasteiger partial charge < -0.3 is 0 Å². The molecule has 1 aromatic heterocycles. The molecule has 2 rings (SSSR count). The lowest BCUT2D eigenvalue weighted by molar-refractivity contribution is -0.384. The largest absolute Gasteiger partial charge is 0.272 e. The zero-order valence-corrected chi connectivity index (χ0v) is 9.31. The van der Waals surface area contributed by atoms with Gasteiger partial charge in [-0.3, -0.25) is 10.1 Å². The molecule has 0 aliphatic heterocycles. The van der Waals surface area contributed by atoms with Crippen LogP contribution in [0.2, 0.25) is 10.0 Å². The SMILES string of the molecule is O=[N+]([O-])c1cc(Cl)c(-n2cccn2)c(Cl)c1. The van der Waals surface area contributed by atoms with Crippen molar-refractivity contribution in [3.63, 3.8) is 0 Å². The first kappa shape index (κ1) is 10.9. The summed E-state index contributed by atoms with van der Waals surface area (Å²) in [5.74, 6) is 0. The Morgan fingerprint density at radius 1 is 1.31 bits per heavy atom. The second-order valence-electron chi connectivity index (χ2n) is 2.97. The van der Waals surface area contributed by atoms with Gasteiger partial charge in [-0.2, -0.15) is 5.10 Å². The number of rotatable bonds is 2. The van der Waals surface area contributed by atoms with Crippen LogP contribution in [0.15, 0.2) is 30.6 Å². The maximum absolute atomic E-state index is 10.6. The molecule has 0 unspecified atom stereocenters. The first-order valence-corrected chi connectivity index (χ1v) is 4.98. The lowest BCUT2D eigenvalue weighted by Crippen LogP contribution is -1.98. The molecule has 1 aromatic carbocycles. The number of benzene rings is 1. The molecule has 16 heavy (non-hydrogen) atoms. The molecule has 0 spiro atoms. The Labute approximate surface area is 100 Å². The van der Waals surface area contributed by atoms with Gasteiger partial charge in [0.25, 0.3) is 5.69 Å². The van der Waals surface area contributed by atoms with Crippen LogP contribution in [0, 0.1) is 10.1 Å². The minimum atomic E-state index is -0.551. The molecule has 0 saturated heterocycles. The summed E-state index contributed by atoms with van der Waals surface area (Å²) in [4.78, 5) is 10.0. The Balaban J connectivity index is 2.61. The van der Waals surface area contributed by atoms with Crippen LogP contribution in [0.3, 0.4) is 0 Å². The summed E-state index contributed by atoms with van der Waals surface area (Å²) in [5.41, 5.74) is 0.282. The van der Waals surface area contributed by atoms with Crippen LogP contribution in [0.25, 0.3) is 5.69 Å². The van der Waals surface area contributed by atoms with E-state index < -0.39 is 4.92 Å². The number of nitrogens with zero attached hydrogens (tertiary/aromatic N) is 3. The summed E-state index contributed by atoms with van der Waals surface area (Å²) >= 11 is 11.8. The van der Waals surface area contributed by atoms with Crippen molar-refractivity contribution in [2.75, 3.05) is 0 Å². The molecule has 0 bridgehead atoms. The van der Waals surface area contributed by atoms with E-state index in [2.05, 4.69) is 5.10 Å². The summed E-state index contributed by atoms with van der Waals surface area (Å²) in [6.45, 7) is 0. The molecule has 1 heterocycles. The van der Waals surface area contributed by atoms with E-state index in [9.17, 15) is 10.1 Å². The number of nitro benzene ring substituents is 1. The molecule has 0 aliphatic carbocycles. The molecule has 0 amide bonds. The van der Waals surface area contributed by atoms with Crippen LogP contribution < -0.4 is 0 Å². The highest BCUT2D eigenvalue weighted by Gasteiger charge is 2.15. The number of non-ortho nitro benzene ring substituents is 1. The van der Waals surface area contributed by atoms with Crippen molar-refractivity contribution in [3.8, 4) is 5.69 Å². The summed E-state index contributed by atoms with van der Waals surface area (Å²) in [6, 6.07) is 4.18. The summed E-state index contributed by atoms with van der Waals surface area (Å²) in [6.07, 6.45) is 3.22. The monoisotopic (exact) mass is 257 g/mol. The molecule has 0 N–H and O–H groups in total. The van der Waals surface area contributed by atoms with Gasteiger partial charge in [-0.25, -0.2) is 4.68 Å². The number of nitro groups is 1. The van der Waals surface area contributed by atoms with E-state index >= 15 is 0 Å². The predicted octanol–water partition coefficient (Wildman–Crippen LogP) is 3.09. The van der Waals surface area contributed by atoms with Crippen molar-refractivity contribution >= 4 is 28.9 Å². The van der Waals surface area contributed by atoms with Crippen LogP contribution in [-0.4, -0.2) is 14.7 Å². The van der Waals surface area contributed by atoms with E-state index in [4.69, 9.17) is 23.2 Å². The fourth-order valence-corrected chi connectivity index (χ4v) is 1.93. The summed E-state index contributed by atoms with van der Waals surface area (Å²) in [7, 11) is 0. The van der Waals surface area contributed by atoms with E-state index in [1.165, 1.54) is 16.8 Å². The van der Waals surface area contributed by atoms with Gasteiger partial charge in [-0.15, -0.1) is 0 Å². The van der Waals surface area contributed by atoms with Crippen LogP contribution in [0.1, 0.15) is 0 Å².